The Morgan fingerprint density at radius 1 is 1.11 bits per heavy atom. The molecule has 1 amide bonds. The van der Waals surface area contributed by atoms with Gasteiger partial charge in [0, 0.05) is 45.3 Å². The van der Waals surface area contributed by atoms with Crippen molar-refractivity contribution >= 4 is 5.91 Å². The third-order valence-corrected chi connectivity index (χ3v) is 3.12. The first-order chi connectivity index (χ1) is 8.48. The second-order valence-electron chi connectivity index (χ2n) is 4.14. The van der Waals surface area contributed by atoms with Gasteiger partial charge in [-0.2, -0.15) is 13.2 Å². The molecule has 18 heavy (non-hydrogen) atoms. The summed E-state index contributed by atoms with van der Waals surface area (Å²) < 4.78 is 36.5. The maximum absolute atomic E-state index is 12.2. The smallest absolute Gasteiger partial charge is 0.332 e. The van der Waals surface area contributed by atoms with Crippen molar-refractivity contribution in [2.45, 2.75) is 26.1 Å². The Labute approximate surface area is 105 Å². The molecule has 1 N–H and O–H groups in total. The zero-order valence-electron chi connectivity index (χ0n) is 10.8. The van der Waals surface area contributed by atoms with Crippen LogP contribution in [0.25, 0.3) is 0 Å². The van der Waals surface area contributed by atoms with Crippen molar-refractivity contribution in [2.24, 2.45) is 0 Å². The molecule has 0 spiro atoms. The van der Waals surface area contributed by atoms with Crippen LogP contribution in [0.2, 0.25) is 0 Å². The molecule has 2 aliphatic rings. The first-order valence-corrected chi connectivity index (χ1v) is 6.29. The Balaban J connectivity index is 0.000000771. The van der Waals surface area contributed by atoms with Gasteiger partial charge in [-0.1, -0.05) is 13.8 Å². The number of rotatable bonds is 1. The van der Waals surface area contributed by atoms with E-state index < -0.39 is 12.1 Å². The second kappa shape index (κ2) is 6.38. The summed E-state index contributed by atoms with van der Waals surface area (Å²) in [4.78, 5) is 14.0. The average molecular weight is 267 g/mol. The molecule has 2 fully saturated rings. The van der Waals surface area contributed by atoms with Crippen molar-refractivity contribution < 1.29 is 18.0 Å². The second-order valence-corrected chi connectivity index (χ2v) is 4.14. The van der Waals surface area contributed by atoms with E-state index in [0.29, 0.717) is 19.1 Å². The van der Waals surface area contributed by atoms with E-state index in [9.17, 15) is 18.0 Å². The summed E-state index contributed by atoms with van der Waals surface area (Å²) in [6.07, 6.45) is -4.74. The van der Waals surface area contributed by atoms with Crippen LogP contribution in [-0.2, 0) is 4.79 Å². The molecule has 2 rings (SSSR count). The minimum Gasteiger partial charge on any atom is -0.332 e. The zero-order valence-corrected chi connectivity index (χ0v) is 10.8. The van der Waals surface area contributed by atoms with Crippen molar-refractivity contribution in [2.75, 3.05) is 39.3 Å². The zero-order chi connectivity index (χ0) is 13.8. The fourth-order valence-electron chi connectivity index (χ4n) is 2.00. The Morgan fingerprint density at radius 3 is 1.94 bits per heavy atom. The van der Waals surface area contributed by atoms with Crippen LogP contribution in [-0.4, -0.2) is 67.2 Å². The van der Waals surface area contributed by atoms with Gasteiger partial charge < -0.3 is 10.2 Å². The number of carbonyl (C=O) groups is 1. The summed E-state index contributed by atoms with van der Waals surface area (Å²) in [7, 11) is 0. The molecule has 0 aromatic heterocycles. The highest BCUT2D eigenvalue weighted by Gasteiger charge is 2.43. The lowest BCUT2D eigenvalue weighted by molar-refractivity contribution is -0.187. The van der Waals surface area contributed by atoms with E-state index in [0.717, 1.165) is 18.0 Å². The predicted octanol–water partition coefficient (Wildman–Crippen LogP) is 0.691. The number of hydrogen-bond donors (Lipinski definition) is 1. The highest BCUT2D eigenvalue weighted by Crippen LogP contribution is 2.20. The predicted molar refractivity (Wildman–Crippen MR) is 62.2 cm³/mol. The van der Waals surface area contributed by atoms with Crippen LogP contribution >= 0.6 is 0 Å². The van der Waals surface area contributed by atoms with Crippen molar-refractivity contribution in [3.05, 3.63) is 0 Å². The lowest BCUT2D eigenvalue weighted by Gasteiger charge is -2.43. The van der Waals surface area contributed by atoms with E-state index in [1.54, 1.807) is 0 Å². The Kier molecular flexibility index (Phi) is 5.40. The molecular formula is C11H20F3N3O. The number of piperazine rings is 1. The molecule has 0 unspecified atom stereocenters. The summed E-state index contributed by atoms with van der Waals surface area (Å²) in [5, 5.41) is 3.11. The Bertz CT molecular complexity index is 271. The largest absolute Gasteiger partial charge is 0.471 e. The molecule has 7 heteroatoms. The number of alkyl halides is 3. The van der Waals surface area contributed by atoms with Gasteiger partial charge in [0.1, 0.15) is 0 Å². The Hall–Kier alpha value is -0.820. The third kappa shape index (κ3) is 3.58. The highest BCUT2D eigenvalue weighted by molar-refractivity contribution is 5.81. The Morgan fingerprint density at radius 2 is 1.61 bits per heavy atom. The van der Waals surface area contributed by atoms with Crippen LogP contribution in [0, 0.1) is 0 Å². The molecular weight excluding hydrogens is 247 g/mol. The van der Waals surface area contributed by atoms with Gasteiger partial charge in [0.25, 0.3) is 0 Å². The van der Waals surface area contributed by atoms with Gasteiger partial charge in [-0.25, -0.2) is 0 Å². The number of hydrogen-bond acceptors (Lipinski definition) is 3. The van der Waals surface area contributed by atoms with Gasteiger partial charge in [0.2, 0.25) is 0 Å². The van der Waals surface area contributed by atoms with Crippen LogP contribution in [0.15, 0.2) is 0 Å². The SMILES string of the molecule is CC.O=C(N1CCN(C2CNC2)CC1)C(F)(F)F. The number of carbonyl (C=O) groups excluding carboxylic acids is 1. The van der Waals surface area contributed by atoms with Crippen molar-refractivity contribution in [1.82, 2.24) is 15.1 Å². The molecule has 0 aromatic carbocycles. The molecule has 4 nitrogen and oxygen atoms in total. The van der Waals surface area contributed by atoms with Crippen LogP contribution in [0.4, 0.5) is 13.2 Å². The number of nitrogens with one attached hydrogen (secondary N) is 1. The average Bonchev–Trinajstić information content (AvgIpc) is 2.28. The topological polar surface area (TPSA) is 35.6 Å². The van der Waals surface area contributed by atoms with Crippen LogP contribution < -0.4 is 5.32 Å². The maximum Gasteiger partial charge on any atom is 0.471 e. The van der Waals surface area contributed by atoms with E-state index >= 15 is 0 Å². The number of halogens is 3. The molecule has 2 saturated heterocycles. The minimum atomic E-state index is -4.74. The first kappa shape index (κ1) is 15.2. The summed E-state index contributed by atoms with van der Waals surface area (Å²) in [6, 6.07) is 0.433. The standard InChI is InChI=1S/C9H14F3N3O.C2H6/c10-9(11,12)8(16)15-3-1-14(2-4-15)7-5-13-6-7;1-2/h7,13H,1-6H2;1-2H3. The maximum atomic E-state index is 12.2. The normalized spacial score (nSPS) is 21.9. The van der Waals surface area contributed by atoms with Gasteiger partial charge in [-0.3, -0.25) is 9.69 Å². The minimum absolute atomic E-state index is 0.175. The van der Waals surface area contributed by atoms with Crippen LogP contribution in [0.5, 0.6) is 0 Å². The van der Waals surface area contributed by atoms with Crippen molar-refractivity contribution in [3.63, 3.8) is 0 Å². The molecule has 0 aliphatic carbocycles. The lowest BCUT2D eigenvalue weighted by Crippen LogP contribution is -2.62. The molecule has 2 aliphatic heterocycles. The molecule has 0 atom stereocenters. The van der Waals surface area contributed by atoms with E-state index in [-0.39, 0.29) is 13.1 Å². The van der Waals surface area contributed by atoms with E-state index in [2.05, 4.69) is 10.2 Å². The summed E-state index contributed by atoms with van der Waals surface area (Å²) in [5.41, 5.74) is 0. The molecule has 2 heterocycles. The van der Waals surface area contributed by atoms with Crippen LogP contribution in [0.3, 0.4) is 0 Å². The van der Waals surface area contributed by atoms with Crippen LogP contribution in [0.1, 0.15) is 13.8 Å². The molecule has 0 aromatic rings. The number of amides is 1. The summed E-state index contributed by atoms with van der Waals surface area (Å²) in [6.45, 7) is 7.21. The summed E-state index contributed by atoms with van der Waals surface area (Å²) in [5.74, 6) is -1.71. The van der Waals surface area contributed by atoms with Crippen molar-refractivity contribution in [3.8, 4) is 0 Å². The molecule has 0 radical (unpaired) electrons. The van der Waals surface area contributed by atoms with E-state index in [1.165, 1.54) is 0 Å². The summed E-state index contributed by atoms with van der Waals surface area (Å²) >= 11 is 0. The fourth-order valence-corrected chi connectivity index (χ4v) is 2.00. The fraction of sp³-hybridized carbons (Fsp3) is 0.909. The molecule has 0 saturated carbocycles. The molecule has 0 bridgehead atoms. The van der Waals surface area contributed by atoms with Gasteiger partial charge >= 0.3 is 12.1 Å². The first-order valence-electron chi connectivity index (χ1n) is 6.29. The monoisotopic (exact) mass is 267 g/mol. The lowest BCUT2D eigenvalue weighted by atomic mass is 10.1. The number of nitrogens with zero attached hydrogens (tertiary/aromatic N) is 2. The van der Waals surface area contributed by atoms with Gasteiger partial charge in [0.05, 0.1) is 0 Å². The third-order valence-electron chi connectivity index (χ3n) is 3.12. The van der Waals surface area contributed by atoms with E-state index in [4.69, 9.17) is 0 Å². The van der Waals surface area contributed by atoms with Crippen molar-refractivity contribution in [1.29, 1.82) is 0 Å². The van der Waals surface area contributed by atoms with Gasteiger partial charge in [-0.05, 0) is 0 Å². The highest BCUT2D eigenvalue weighted by atomic mass is 19.4. The van der Waals surface area contributed by atoms with Gasteiger partial charge in [0.15, 0.2) is 0 Å². The quantitative estimate of drug-likeness (QED) is 0.759. The van der Waals surface area contributed by atoms with Gasteiger partial charge in [-0.15, -0.1) is 0 Å². The molecule has 106 valence electrons. The van der Waals surface area contributed by atoms with E-state index in [1.807, 2.05) is 13.8 Å².